The molecule has 0 aliphatic heterocycles. The van der Waals surface area contributed by atoms with E-state index in [1.807, 2.05) is 0 Å². The Morgan fingerprint density at radius 3 is 2.63 bits per heavy atom. The van der Waals surface area contributed by atoms with Crippen LogP contribution >= 0.6 is 0 Å². The van der Waals surface area contributed by atoms with Gasteiger partial charge in [0.25, 0.3) is 0 Å². The summed E-state index contributed by atoms with van der Waals surface area (Å²) in [5, 5.41) is 14.0. The van der Waals surface area contributed by atoms with Crippen LogP contribution in [0.4, 0.5) is 4.79 Å². The van der Waals surface area contributed by atoms with Gasteiger partial charge in [-0.2, -0.15) is 0 Å². The van der Waals surface area contributed by atoms with Crippen molar-refractivity contribution in [3.8, 4) is 0 Å². The van der Waals surface area contributed by atoms with E-state index in [4.69, 9.17) is 9.52 Å². The summed E-state index contributed by atoms with van der Waals surface area (Å²) in [5.74, 6) is 0.0978. The van der Waals surface area contributed by atoms with Gasteiger partial charge in [-0.05, 0) is 27.7 Å². The summed E-state index contributed by atoms with van der Waals surface area (Å²) < 4.78 is 5.29. The second kappa shape index (κ2) is 5.73. The van der Waals surface area contributed by atoms with Crippen molar-refractivity contribution in [1.82, 2.24) is 15.6 Å². The maximum atomic E-state index is 11.7. The molecule has 1 aromatic rings. The lowest BCUT2D eigenvalue weighted by atomic mass is 10.0. The Morgan fingerprint density at radius 2 is 2.16 bits per heavy atom. The number of rotatable bonds is 5. The number of carboxylic acids is 1. The second-order valence-electron chi connectivity index (χ2n) is 5.08. The number of hydrogen-bond donors (Lipinski definition) is 3. The summed E-state index contributed by atoms with van der Waals surface area (Å²) in [6, 6.07) is -0.857. The highest BCUT2D eigenvalue weighted by Gasteiger charge is 2.25. The van der Waals surface area contributed by atoms with Gasteiger partial charge < -0.3 is 20.2 Å². The number of aliphatic carboxylic acids is 1. The molecule has 0 aliphatic carbocycles. The second-order valence-corrected chi connectivity index (χ2v) is 5.08. The Balaban J connectivity index is 2.53. The number of amides is 2. The monoisotopic (exact) mass is 269 g/mol. The van der Waals surface area contributed by atoms with Crippen molar-refractivity contribution in [1.29, 1.82) is 0 Å². The van der Waals surface area contributed by atoms with Gasteiger partial charge in [0, 0.05) is 5.54 Å². The summed E-state index contributed by atoms with van der Waals surface area (Å²) in [6.07, 6.45) is 1.41. The van der Waals surface area contributed by atoms with Crippen LogP contribution in [0.5, 0.6) is 0 Å². The molecule has 0 bridgehead atoms. The lowest BCUT2D eigenvalue weighted by Gasteiger charge is -2.25. The van der Waals surface area contributed by atoms with E-state index >= 15 is 0 Å². The van der Waals surface area contributed by atoms with Crippen molar-refractivity contribution in [2.45, 2.75) is 45.7 Å². The molecule has 0 saturated carbocycles. The summed E-state index contributed by atoms with van der Waals surface area (Å²) in [7, 11) is 0. The quantitative estimate of drug-likeness (QED) is 0.753. The van der Waals surface area contributed by atoms with Crippen LogP contribution < -0.4 is 10.6 Å². The van der Waals surface area contributed by atoms with Crippen molar-refractivity contribution in [3.05, 3.63) is 17.8 Å². The fraction of sp³-hybridized carbons (Fsp3) is 0.583. The zero-order valence-corrected chi connectivity index (χ0v) is 11.5. The topological polar surface area (TPSA) is 104 Å². The van der Waals surface area contributed by atoms with Crippen molar-refractivity contribution < 1.29 is 19.1 Å². The van der Waals surface area contributed by atoms with Crippen molar-refractivity contribution >= 4 is 12.0 Å². The molecule has 0 aliphatic rings. The zero-order valence-electron chi connectivity index (χ0n) is 11.5. The molecule has 1 aromatic heterocycles. The first-order valence-electron chi connectivity index (χ1n) is 5.92. The minimum absolute atomic E-state index is 0.160. The van der Waals surface area contributed by atoms with Crippen LogP contribution in [-0.4, -0.2) is 27.6 Å². The maximum Gasteiger partial charge on any atom is 0.315 e. The molecule has 0 aromatic carbocycles. The van der Waals surface area contributed by atoms with Gasteiger partial charge in [-0.3, -0.25) is 4.79 Å². The minimum Gasteiger partial charge on any atom is -0.481 e. The van der Waals surface area contributed by atoms with E-state index in [0.29, 0.717) is 11.7 Å². The third kappa shape index (κ3) is 4.99. The van der Waals surface area contributed by atoms with E-state index < -0.39 is 23.6 Å². The van der Waals surface area contributed by atoms with Crippen LogP contribution in [0.2, 0.25) is 0 Å². The molecule has 0 saturated heterocycles. The molecule has 3 N–H and O–H groups in total. The van der Waals surface area contributed by atoms with Crippen molar-refractivity contribution in [2.24, 2.45) is 0 Å². The molecule has 1 heterocycles. The Kier molecular flexibility index (Phi) is 4.52. The summed E-state index contributed by atoms with van der Waals surface area (Å²) in [4.78, 5) is 26.4. The van der Waals surface area contributed by atoms with Crippen LogP contribution in [0, 0.1) is 6.92 Å². The Morgan fingerprint density at radius 1 is 1.53 bits per heavy atom. The predicted molar refractivity (Wildman–Crippen MR) is 67.7 cm³/mol. The lowest BCUT2D eigenvalue weighted by Crippen LogP contribution is -2.49. The highest BCUT2D eigenvalue weighted by Crippen LogP contribution is 2.12. The number of nitrogens with zero attached hydrogens (tertiary/aromatic N) is 1. The number of aromatic nitrogens is 1. The van der Waals surface area contributed by atoms with Crippen LogP contribution in [0.3, 0.4) is 0 Å². The first-order valence-corrected chi connectivity index (χ1v) is 5.92. The molecule has 1 rings (SSSR count). The normalized spacial score (nSPS) is 12.8. The largest absolute Gasteiger partial charge is 0.481 e. The van der Waals surface area contributed by atoms with Gasteiger partial charge >= 0.3 is 12.0 Å². The first-order chi connectivity index (χ1) is 8.69. The van der Waals surface area contributed by atoms with Gasteiger partial charge in [-0.25, -0.2) is 9.78 Å². The van der Waals surface area contributed by atoms with Gasteiger partial charge in [0.05, 0.1) is 12.6 Å². The molecule has 19 heavy (non-hydrogen) atoms. The van der Waals surface area contributed by atoms with Crippen molar-refractivity contribution in [3.63, 3.8) is 0 Å². The van der Waals surface area contributed by atoms with Crippen LogP contribution in [0.1, 0.15) is 44.9 Å². The number of aryl methyl sites for hydroxylation is 1. The molecule has 2 amide bonds. The number of carbonyl (C=O) groups is 2. The predicted octanol–water partition coefficient (Wildman–Crippen LogP) is 1.60. The zero-order chi connectivity index (χ0) is 14.6. The Hall–Kier alpha value is -2.05. The van der Waals surface area contributed by atoms with E-state index in [-0.39, 0.29) is 6.42 Å². The fourth-order valence-electron chi connectivity index (χ4n) is 1.60. The molecule has 0 radical (unpaired) electrons. The van der Waals surface area contributed by atoms with Gasteiger partial charge in [-0.1, -0.05) is 0 Å². The third-order valence-corrected chi connectivity index (χ3v) is 2.40. The Labute approximate surface area is 111 Å². The van der Waals surface area contributed by atoms with E-state index in [2.05, 4.69) is 15.6 Å². The molecule has 7 heteroatoms. The smallest absolute Gasteiger partial charge is 0.315 e. The van der Waals surface area contributed by atoms with E-state index in [0.717, 1.165) is 0 Å². The number of urea groups is 1. The molecule has 106 valence electrons. The highest BCUT2D eigenvalue weighted by molar-refractivity contribution is 5.76. The number of carbonyl (C=O) groups excluding carboxylic acids is 1. The number of oxazole rings is 1. The first kappa shape index (κ1) is 15.0. The number of hydrogen-bond acceptors (Lipinski definition) is 4. The Bertz CT molecular complexity index is 467. The number of carboxylic acid groups (broad SMARTS) is 1. The van der Waals surface area contributed by atoms with E-state index in [9.17, 15) is 9.59 Å². The molecule has 0 fully saturated rings. The van der Waals surface area contributed by atoms with Crippen LogP contribution in [0.15, 0.2) is 10.6 Å². The molecular formula is C12H19N3O4. The summed E-state index contributed by atoms with van der Waals surface area (Å²) in [5.41, 5.74) is -0.831. The van der Waals surface area contributed by atoms with Gasteiger partial charge in [-0.15, -0.1) is 0 Å². The highest BCUT2D eigenvalue weighted by atomic mass is 16.4. The van der Waals surface area contributed by atoms with Crippen LogP contribution in [-0.2, 0) is 4.79 Å². The average molecular weight is 269 g/mol. The standard InChI is InChI=1S/C12H19N3O4/c1-7-6-13-10(19-7)8(2)14-11(18)15-12(3,4)5-9(16)17/h6,8H,5H2,1-4H3,(H,16,17)(H2,14,15,18). The number of nitrogens with one attached hydrogen (secondary N) is 2. The van der Waals surface area contributed by atoms with Gasteiger partial charge in [0.2, 0.25) is 5.89 Å². The van der Waals surface area contributed by atoms with Crippen molar-refractivity contribution in [2.75, 3.05) is 0 Å². The molecule has 0 spiro atoms. The SMILES string of the molecule is Cc1cnc(C(C)NC(=O)NC(C)(C)CC(=O)O)o1. The summed E-state index contributed by atoms with van der Waals surface area (Å²) in [6.45, 7) is 6.77. The molecule has 1 atom stereocenters. The molecule has 1 unspecified atom stereocenters. The minimum atomic E-state index is -0.971. The molecular weight excluding hydrogens is 250 g/mol. The lowest BCUT2D eigenvalue weighted by molar-refractivity contribution is -0.138. The van der Waals surface area contributed by atoms with E-state index in [1.165, 1.54) is 0 Å². The van der Waals surface area contributed by atoms with Gasteiger partial charge in [0.15, 0.2) is 0 Å². The molecule has 7 nitrogen and oxygen atoms in total. The third-order valence-electron chi connectivity index (χ3n) is 2.40. The summed E-state index contributed by atoms with van der Waals surface area (Å²) >= 11 is 0. The van der Waals surface area contributed by atoms with Crippen LogP contribution in [0.25, 0.3) is 0 Å². The fourth-order valence-corrected chi connectivity index (χ4v) is 1.60. The van der Waals surface area contributed by atoms with E-state index in [1.54, 1.807) is 33.9 Å². The maximum absolute atomic E-state index is 11.7. The average Bonchev–Trinajstić information content (AvgIpc) is 2.61. The van der Waals surface area contributed by atoms with Gasteiger partial charge in [0.1, 0.15) is 11.8 Å².